The molecule has 0 bridgehead atoms. The van der Waals surface area contributed by atoms with E-state index in [0.717, 1.165) is 25.7 Å². The lowest BCUT2D eigenvalue weighted by molar-refractivity contribution is 0.215. The number of hydrogen-bond donors (Lipinski definition) is 0. The van der Waals surface area contributed by atoms with E-state index < -0.39 is 5.54 Å². The minimum Gasteiger partial charge on any atom is -0.335 e. The number of para-hydroxylation sites is 2. The average Bonchev–Trinajstić information content (AvgIpc) is 3.75. The fourth-order valence-electron chi connectivity index (χ4n) is 15.2. The number of fused-ring (bicyclic) bond motifs is 12. The van der Waals surface area contributed by atoms with E-state index in [9.17, 15) is 0 Å². The summed E-state index contributed by atoms with van der Waals surface area (Å²) in [5.74, 6) is 0. The Morgan fingerprint density at radius 3 is 1.89 bits per heavy atom. The fourth-order valence-corrected chi connectivity index (χ4v) is 15.2. The molecule has 3 nitrogen and oxygen atoms in total. The summed E-state index contributed by atoms with van der Waals surface area (Å²) in [5.41, 5.74) is 23.5. The van der Waals surface area contributed by atoms with Crippen LogP contribution in [0.4, 0.5) is 39.8 Å². The van der Waals surface area contributed by atoms with Gasteiger partial charge in [-0.05, 0) is 140 Å². The number of benzene rings is 8. The van der Waals surface area contributed by atoms with Crippen molar-refractivity contribution in [2.24, 2.45) is 0 Å². The summed E-state index contributed by atoms with van der Waals surface area (Å²) in [6, 6.07) is 71.0. The standard InChI is InChI=1S/C62H54BN3/c1-41-28-31-46(32-29-41)64-54-33-30-42(2)38-52(54)63-51-26-17-25-50-58(51)66(59(3)35-15-16-36-61(50,59)44-19-7-5-8-20-44)56-40-47(39-55(64)57(56)63)65-53-27-14-13-24-49(53)62(45-21-9-6-10-22-45)37-34-43-18-11-12-23-48(43)60(62,65)4/h5-14,17-33,38-40H,15-16,34-37H2,1-4H3. The highest BCUT2D eigenvalue weighted by molar-refractivity contribution is 7.00. The van der Waals surface area contributed by atoms with Crippen molar-refractivity contribution >= 4 is 62.9 Å². The molecule has 4 unspecified atom stereocenters. The van der Waals surface area contributed by atoms with Gasteiger partial charge in [-0.15, -0.1) is 0 Å². The first-order chi connectivity index (χ1) is 32.3. The van der Waals surface area contributed by atoms with Crippen LogP contribution in [0.2, 0.25) is 0 Å². The second-order valence-electron chi connectivity index (χ2n) is 20.7. The van der Waals surface area contributed by atoms with E-state index in [0.29, 0.717) is 0 Å². The molecule has 0 N–H and O–H groups in total. The highest BCUT2D eigenvalue weighted by Crippen LogP contribution is 2.68. The molecule has 14 rings (SSSR count). The molecule has 0 amide bonds. The van der Waals surface area contributed by atoms with Crippen molar-refractivity contribution in [1.29, 1.82) is 0 Å². The maximum absolute atomic E-state index is 2.92. The van der Waals surface area contributed by atoms with Gasteiger partial charge in [0.15, 0.2) is 0 Å². The quantitative estimate of drug-likeness (QED) is 0.163. The van der Waals surface area contributed by atoms with E-state index >= 15 is 0 Å². The molecule has 66 heavy (non-hydrogen) atoms. The SMILES string of the molecule is Cc1ccc(N2c3ccc(C)cc3B3c4cccc5c4N(c4cc(N6c7ccccc7C7(c8ccccc8)CCc8ccccc8C67C)cc2c43)C2(C)CCCCC52c2ccccc2)cc1. The summed E-state index contributed by atoms with van der Waals surface area (Å²) in [7, 11) is 0. The van der Waals surface area contributed by atoms with Gasteiger partial charge in [-0.1, -0.05) is 170 Å². The van der Waals surface area contributed by atoms with Crippen molar-refractivity contribution in [2.75, 3.05) is 14.7 Å². The van der Waals surface area contributed by atoms with Gasteiger partial charge >= 0.3 is 0 Å². The third-order valence-electron chi connectivity index (χ3n) is 17.8. The lowest BCUT2D eigenvalue weighted by Crippen LogP contribution is -2.65. The molecule has 2 aliphatic carbocycles. The second-order valence-corrected chi connectivity index (χ2v) is 20.7. The average molecular weight is 852 g/mol. The van der Waals surface area contributed by atoms with Gasteiger partial charge in [0.25, 0.3) is 6.71 Å². The molecule has 1 fully saturated rings. The molecule has 8 aromatic carbocycles. The zero-order chi connectivity index (χ0) is 44.2. The van der Waals surface area contributed by atoms with E-state index in [1.165, 1.54) is 114 Å². The summed E-state index contributed by atoms with van der Waals surface area (Å²) in [4.78, 5) is 8.35. The van der Waals surface area contributed by atoms with Gasteiger partial charge in [-0.3, -0.25) is 0 Å². The number of anilines is 7. The van der Waals surface area contributed by atoms with E-state index in [-0.39, 0.29) is 23.1 Å². The molecule has 4 heterocycles. The first-order valence-corrected chi connectivity index (χ1v) is 24.5. The molecule has 6 aliphatic rings. The molecule has 4 heteroatoms. The Bertz CT molecular complexity index is 3310. The zero-order valence-electron chi connectivity index (χ0n) is 38.5. The van der Waals surface area contributed by atoms with Crippen LogP contribution in [0.5, 0.6) is 0 Å². The molecule has 8 aromatic rings. The van der Waals surface area contributed by atoms with Crippen LogP contribution in [0.3, 0.4) is 0 Å². The highest BCUT2D eigenvalue weighted by atomic mass is 15.3. The molecule has 4 aliphatic heterocycles. The molecule has 1 saturated carbocycles. The van der Waals surface area contributed by atoms with Gasteiger partial charge in [0, 0.05) is 45.2 Å². The summed E-state index contributed by atoms with van der Waals surface area (Å²) >= 11 is 0. The number of aryl methyl sites for hydroxylation is 3. The van der Waals surface area contributed by atoms with Crippen LogP contribution in [0, 0.1) is 13.8 Å². The maximum Gasteiger partial charge on any atom is 0.252 e. The Kier molecular flexibility index (Phi) is 7.82. The van der Waals surface area contributed by atoms with Crippen LogP contribution in [-0.2, 0) is 22.8 Å². The molecule has 0 radical (unpaired) electrons. The van der Waals surface area contributed by atoms with Gasteiger partial charge in [0.05, 0.1) is 16.5 Å². The molecule has 4 atom stereocenters. The molecular weight excluding hydrogens is 798 g/mol. The van der Waals surface area contributed by atoms with Gasteiger partial charge in [-0.25, -0.2) is 0 Å². The lowest BCUT2D eigenvalue weighted by atomic mass is 9.33. The number of nitrogens with zero attached hydrogens (tertiary/aromatic N) is 3. The fraction of sp³-hybridized carbons (Fsp3) is 0.226. The first-order valence-electron chi connectivity index (χ1n) is 24.5. The van der Waals surface area contributed by atoms with Crippen LogP contribution in [0.1, 0.15) is 90.5 Å². The third kappa shape index (κ3) is 4.56. The zero-order valence-corrected chi connectivity index (χ0v) is 38.5. The topological polar surface area (TPSA) is 9.72 Å². The minimum absolute atomic E-state index is 0.0729. The Hall–Kier alpha value is -6.78. The summed E-state index contributed by atoms with van der Waals surface area (Å²) < 4.78 is 0. The highest BCUT2D eigenvalue weighted by Gasteiger charge is 2.66. The summed E-state index contributed by atoms with van der Waals surface area (Å²) in [5, 5.41) is 0. The Morgan fingerprint density at radius 1 is 0.455 bits per heavy atom. The monoisotopic (exact) mass is 851 g/mol. The predicted octanol–water partition coefficient (Wildman–Crippen LogP) is 13.0. The van der Waals surface area contributed by atoms with Crippen molar-refractivity contribution in [1.82, 2.24) is 0 Å². The van der Waals surface area contributed by atoms with Crippen LogP contribution in [0.15, 0.2) is 182 Å². The van der Waals surface area contributed by atoms with Crippen LogP contribution in [-0.4, -0.2) is 12.3 Å². The van der Waals surface area contributed by atoms with Gasteiger partial charge in [0.2, 0.25) is 0 Å². The van der Waals surface area contributed by atoms with Gasteiger partial charge in [0.1, 0.15) is 0 Å². The largest absolute Gasteiger partial charge is 0.335 e. The van der Waals surface area contributed by atoms with Crippen LogP contribution in [0.25, 0.3) is 0 Å². The minimum atomic E-state index is -0.448. The molecule has 0 spiro atoms. The van der Waals surface area contributed by atoms with Gasteiger partial charge in [-0.2, -0.15) is 0 Å². The van der Waals surface area contributed by atoms with Crippen molar-refractivity contribution in [3.05, 3.63) is 226 Å². The van der Waals surface area contributed by atoms with Crippen molar-refractivity contribution in [3.8, 4) is 0 Å². The number of hydrogen-bond acceptors (Lipinski definition) is 3. The Morgan fingerprint density at radius 2 is 1.11 bits per heavy atom. The van der Waals surface area contributed by atoms with E-state index in [4.69, 9.17) is 0 Å². The van der Waals surface area contributed by atoms with E-state index in [1.54, 1.807) is 0 Å². The van der Waals surface area contributed by atoms with Crippen LogP contribution < -0.4 is 31.1 Å². The normalized spacial score (nSPS) is 24.7. The van der Waals surface area contributed by atoms with E-state index in [2.05, 4.69) is 224 Å². The molecule has 0 aromatic heterocycles. The Balaban J connectivity index is 1.13. The van der Waals surface area contributed by atoms with Crippen molar-refractivity contribution in [2.45, 2.75) is 88.1 Å². The summed E-state index contributed by atoms with van der Waals surface area (Å²) in [6.45, 7) is 9.75. The van der Waals surface area contributed by atoms with Gasteiger partial charge < -0.3 is 14.7 Å². The van der Waals surface area contributed by atoms with E-state index in [1.807, 2.05) is 0 Å². The summed E-state index contributed by atoms with van der Waals surface area (Å²) in [6.07, 6.45) is 6.74. The maximum atomic E-state index is 2.92. The van der Waals surface area contributed by atoms with Crippen molar-refractivity contribution < 1.29 is 0 Å². The number of rotatable bonds is 4. The molecule has 320 valence electrons. The predicted molar refractivity (Wildman–Crippen MR) is 276 cm³/mol. The smallest absolute Gasteiger partial charge is 0.252 e. The Labute approximate surface area is 390 Å². The second kappa shape index (κ2) is 13.4. The first kappa shape index (κ1) is 38.5. The third-order valence-corrected chi connectivity index (χ3v) is 17.8. The molecule has 0 saturated heterocycles. The van der Waals surface area contributed by atoms with Crippen molar-refractivity contribution in [3.63, 3.8) is 0 Å². The lowest BCUT2D eigenvalue weighted by Gasteiger charge is -2.55. The molecular formula is C62H54BN3. The van der Waals surface area contributed by atoms with Crippen LogP contribution >= 0.6 is 0 Å².